The molecule has 0 rings (SSSR count). The minimum atomic E-state index is -2.97. The van der Waals surface area contributed by atoms with Gasteiger partial charge in [-0.1, -0.05) is 13.8 Å². The first kappa shape index (κ1) is 12.9. The molecule has 0 fully saturated rings. The summed E-state index contributed by atoms with van der Waals surface area (Å²) >= 11 is 0. The van der Waals surface area contributed by atoms with Crippen molar-refractivity contribution in [3.05, 3.63) is 0 Å². The normalized spacial score (nSPS) is 14.2. The predicted molar refractivity (Wildman–Crippen MR) is 57.6 cm³/mol. The number of sulfone groups is 1. The first-order valence-electron chi connectivity index (χ1n) is 4.84. The lowest BCUT2D eigenvalue weighted by atomic mass is 10.0. The Morgan fingerprint density at radius 1 is 1.08 bits per heavy atom. The van der Waals surface area contributed by atoms with E-state index < -0.39 is 14.6 Å². The largest absolute Gasteiger partial charge is 0.228 e. The lowest BCUT2D eigenvalue weighted by molar-refractivity contribution is 0.459. The number of hydrogen-bond acceptors (Lipinski definition) is 2. The molecular weight excluding hydrogens is 184 g/mol. The van der Waals surface area contributed by atoms with Gasteiger partial charge in [0, 0.05) is 0 Å². The van der Waals surface area contributed by atoms with E-state index in [0.717, 1.165) is 6.42 Å². The number of hydrogen-bond donors (Lipinski definition) is 0. The summed E-state index contributed by atoms with van der Waals surface area (Å²) in [7, 11) is -2.97. The molecule has 0 aromatic heterocycles. The zero-order valence-electron chi connectivity index (χ0n) is 9.59. The summed E-state index contributed by atoms with van der Waals surface area (Å²) in [6.07, 6.45) is 0.730. The van der Waals surface area contributed by atoms with Gasteiger partial charge in [-0.05, 0) is 40.0 Å². The first-order chi connectivity index (χ1) is 5.61. The summed E-state index contributed by atoms with van der Waals surface area (Å²) in [6.45, 7) is 11.2. The van der Waals surface area contributed by atoms with E-state index in [1.165, 1.54) is 0 Å². The van der Waals surface area contributed by atoms with Gasteiger partial charge in [-0.3, -0.25) is 0 Å². The van der Waals surface area contributed by atoms with Crippen molar-refractivity contribution in [3.63, 3.8) is 0 Å². The molecule has 0 aromatic rings. The van der Waals surface area contributed by atoms with Crippen molar-refractivity contribution in [2.45, 2.75) is 58.0 Å². The summed E-state index contributed by atoms with van der Waals surface area (Å²) in [5.74, 6) is 0.420. The molecule has 0 unspecified atom stereocenters. The maximum Gasteiger partial charge on any atom is 0.157 e. The summed E-state index contributed by atoms with van der Waals surface area (Å²) < 4.78 is 23.2. The standard InChI is InChI=1S/C10H22O2S/c1-8(2)7-10(5,6)13(11,12)9(3)4/h8-9H,7H2,1-6H3. The average Bonchev–Trinajstić information content (AvgIpc) is 1.83. The SMILES string of the molecule is CC(C)CC(C)(C)S(=O)(=O)C(C)C. The number of rotatable bonds is 4. The van der Waals surface area contributed by atoms with Gasteiger partial charge in [0.25, 0.3) is 0 Å². The van der Waals surface area contributed by atoms with E-state index in [0.29, 0.717) is 5.92 Å². The minimum Gasteiger partial charge on any atom is -0.228 e. The Balaban J connectivity index is 4.83. The van der Waals surface area contributed by atoms with Gasteiger partial charge in [0.1, 0.15) is 0 Å². The lowest BCUT2D eigenvalue weighted by Gasteiger charge is -2.28. The molecule has 0 saturated carbocycles. The van der Waals surface area contributed by atoms with Crippen LogP contribution in [0.4, 0.5) is 0 Å². The lowest BCUT2D eigenvalue weighted by Crippen LogP contribution is -2.38. The van der Waals surface area contributed by atoms with E-state index in [1.54, 1.807) is 13.8 Å². The van der Waals surface area contributed by atoms with Crippen LogP contribution in [-0.2, 0) is 9.84 Å². The van der Waals surface area contributed by atoms with E-state index in [4.69, 9.17) is 0 Å². The summed E-state index contributed by atoms with van der Waals surface area (Å²) in [4.78, 5) is 0. The Kier molecular flexibility index (Phi) is 3.97. The topological polar surface area (TPSA) is 34.1 Å². The molecule has 2 nitrogen and oxygen atoms in total. The van der Waals surface area contributed by atoms with Crippen LogP contribution >= 0.6 is 0 Å². The average molecular weight is 206 g/mol. The van der Waals surface area contributed by atoms with Crippen molar-refractivity contribution in [3.8, 4) is 0 Å². The van der Waals surface area contributed by atoms with Crippen LogP contribution in [0.25, 0.3) is 0 Å². The fourth-order valence-electron chi connectivity index (χ4n) is 1.74. The molecule has 0 aromatic carbocycles. The van der Waals surface area contributed by atoms with Crippen LogP contribution in [0.15, 0.2) is 0 Å². The Bertz CT molecular complexity index is 248. The van der Waals surface area contributed by atoms with Gasteiger partial charge in [0.05, 0.1) is 10.00 Å². The molecule has 80 valence electrons. The summed E-state index contributed by atoms with van der Waals surface area (Å²) in [5.41, 5.74) is 0. The van der Waals surface area contributed by atoms with Gasteiger partial charge >= 0.3 is 0 Å². The molecule has 0 spiro atoms. The Labute approximate surface area is 82.6 Å². The highest BCUT2D eigenvalue weighted by atomic mass is 32.2. The third-order valence-corrected chi connectivity index (χ3v) is 5.24. The van der Waals surface area contributed by atoms with Crippen LogP contribution < -0.4 is 0 Å². The van der Waals surface area contributed by atoms with E-state index in [9.17, 15) is 8.42 Å². The fraction of sp³-hybridized carbons (Fsp3) is 1.00. The van der Waals surface area contributed by atoms with E-state index in [-0.39, 0.29) is 5.25 Å². The quantitative estimate of drug-likeness (QED) is 0.708. The van der Waals surface area contributed by atoms with Crippen molar-refractivity contribution in [1.82, 2.24) is 0 Å². The van der Waals surface area contributed by atoms with Crippen LogP contribution in [0.1, 0.15) is 48.0 Å². The van der Waals surface area contributed by atoms with Crippen molar-refractivity contribution in [1.29, 1.82) is 0 Å². The molecule has 0 aliphatic carbocycles. The maximum absolute atomic E-state index is 11.9. The first-order valence-corrected chi connectivity index (χ1v) is 6.39. The molecule has 0 aliphatic rings. The van der Waals surface area contributed by atoms with Gasteiger partial charge in [0.15, 0.2) is 9.84 Å². The zero-order chi connectivity index (χ0) is 10.9. The monoisotopic (exact) mass is 206 g/mol. The van der Waals surface area contributed by atoms with Gasteiger partial charge in [-0.2, -0.15) is 0 Å². The molecule has 0 atom stereocenters. The fourth-order valence-corrected chi connectivity index (χ4v) is 3.58. The highest BCUT2D eigenvalue weighted by Crippen LogP contribution is 2.28. The Hall–Kier alpha value is -0.0500. The van der Waals surface area contributed by atoms with Crippen LogP contribution in [-0.4, -0.2) is 18.4 Å². The van der Waals surface area contributed by atoms with Crippen molar-refractivity contribution < 1.29 is 8.42 Å². The highest BCUT2D eigenvalue weighted by molar-refractivity contribution is 7.93. The predicted octanol–water partition coefficient (Wildman–Crippen LogP) is 2.63. The van der Waals surface area contributed by atoms with Crippen LogP contribution in [0, 0.1) is 5.92 Å². The molecule has 0 radical (unpaired) electrons. The van der Waals surface area contributed by atoms with Gasteiger partial charge in [0.2, 0.25) is 0 Å². The van der Waals surface area contributed by atoms with E-state index in [1.807, 2.05) is 13.8 Å². The molecule has 0 heterocycles. The Morgan fingerprint density at radius 2 is 1.46 bits per heavy atom. The molecule has 0 aliphatic heterocycles. The maximum atomic E-state index is 11.9. The van der Waals surface area contributed by atoms with Crippen LogP contribution in [0.2, 0.25) is 0 Å². The minimum absolute atomic E-state index is 0.277. The summed E-state index contributed by atoms with van der Waals surface area (Å²) in [5, 5.41) is -0.277. The summed E-state index contributed by atoms with van der Waals surface area (Å²) in [6, 6.07) is 0. The molecule has 0 amide bonds. The van der Waals surface area contributed by atoms with Gasteiger partial charge < -0.3 is 0 Å². The molecule has 13 heavy (non-hydrogen) atoms. The second-order valence-electron chi connectivity index (χ2n) is 4.95. The van der Waals surface area contributed by atoms with Gasteiger partial charge in [-0.25, -0.2) is 8.42 Å². The van der Waals surface area contributed by atoms with Crippen molar-refractivity contribution in [2.75, 3.05) is 0 Å². The van der Waals surface area contributed by atoms with Crippen molar-refractivity contribution >= 4 is 9.84 Å². The molecule has 0 bridgehead atoms. The van der Waals surface area contributed by atoms with Gasteiger partial charge in [-0.15, -0.1) is 0 Å². The third kappa shape index (κ3) is 2.97. The van der Waals surface area contributed by atoms with Crippen molar-refractivity contribution in [2.24, 2.45) is 5.92 Å². The van der Waals surface area contributed by atoms with E-state index >= 15 is 0 Å². The highest BCUT2D eigenvalue weighted by Gasteiger charge is 2.36. The zero-order valence-corrected chi connectivity index (χ0v) is 10.4. The van der Waals surface area contributed by atoms with Crippen LogP contribution in [0.5, 0.6) is 0 Å². The third-order valence-electron chi connectivity index (χ3n) is 2.29. The molecule has 0 saturated heterocycles. The second-order valence-corrected chi connectivity index (χ2v) is 8.09. The van der Waals surface area contributed by atoms with E-state index in [2.05, 4.69) is 13.8 Å². The smallest absolute Gasteiger partial charge is 0.157 e. The molecular formula is C10H22O2S. The second kappa shape index (κ2) is 3.99. The molecule has 3 heteroatoms. The molecule has 0 N–H and O–H groups in total. The van der Waals surface area contributed by atoms with Crippen LogP contribution in [0.3, 0.4) is 0 Å². The Morgan fingerprint density at radius 3 is 1.69 bits per heavy atom.